The van der Waals surface area contributed by atoms with E-state index >= 15 is 0 Å². The van der Waals surface area contributed by atoms with Gasteiger partial charge in [0.05, 0.1) is 12.7 Å². The zero-order valence-corrected chi connectivity index (χ0v) is 14.6. The van der Waals surface area contributed by atoms with Gasteiger partial charge in [-0.15, -0.1) is 0 Å². The molecule has 0 aliphatic rings. The van der Waals surface area contributed by atoms with Crippen molar-refractivity contribution < 1.29 is 19.7 Å². The summed E-state index contributed by atoms with van der Waals surface area (Å²) in [7, 11) is 0. The van der Waals surface area contributed by atoms with Crippen molar-refractivity contribution in [3.63, 3.8) is 0 Å². The molecule has 2 unspecified atom stereocenters. The van der Waals surface area contributed by atoms with E-state index in [1.165, 1.54) is 0 Å². The number of nitrogens with one attached hydrogen (secondary N) is 1. The van der Waals surface area contributed by atoms with Gasteiger partial charge in [-0.25, -0.2) is 4.79 Å². The van der Waals surface area contributed by atoms with E-state index in [2.05, 4.69) is 21.2 Å². The molecule has 0 bridgehead atoms. The molecule has 0 fully saturated rings. The Morgan fingerprint density at radius 2 is 1.83 bits per heavy atom. The molecule has 6 heteroatoms. The highest BCUT2D eigenvalue weighted by Gasteiger charge is 2.19. The quantitative estimate of drug-likeness (QED) is 0.570. The first-order valence-electron chi connectivity index (χ1n) is 7.61. The first-order chi connectivity index (χ1) is 11.6. The first kappa shape index (κ1) is 18.6. The predicted molar refractivity (Wildman–Crippen MR) is 94.7 cm³/mol. The highest BCUT2D eigenvalue weighted by atomic mass is 79.9. The second-order valence-electron chi connectivity index (χ2n) is 5.27. The van der Waals surface area contributed by atoms with Crippen LogP contribution in [-0.2, 0) is 9.53 Å². The SMILES string of the molecule is O=C(O)C(OCCNCC(O)c1cccc(Br)c1)c1ccccc1. The topological polar surface area (TPSA) is 78.8 Å². The fourth-order valence-electron chi connectivity index (χ4n) is 2.26. The first-order valence-corrected chi connectivity index (χ1v) is 8.41. The van der Waals surface area contributed by atoms with Crippen molar-refractivity contribution in [1.29, 1.82) is 0 Å². The van der Waals surface area contributed by atoms with Gasteiger partial charge >= 0.3 is 5.97 Å². The summed E-state index contributed by atoms with van der Waals surface area (Å²) < 4.78 is 6.36. The van der Waals surface area contributed by atoms with E-state index in [1.54, 1.807) is 24.3 Å². The fourth-order valence-corrected chi connectivity index (χ4v) is 2.67. The molecule has 0 aliphatic carbocycles. The highest BCUT2D eigenvalue weighted by Crippen LogP contribution is 2.18. The molecule has 2 aromatic carbocycles. The van der Waals surface area contributed by atoms with E-state index < -0.39 is 18.2 Å². The minimum absolute atomic E-state index is 0.233. The van der Waals surface area contributed by atoms with E-state index in [-0.39, 0.29) is 6.61 Å². The van der Waals surface area contributed by atoms with Crippen LogP contribution in [0.3, 0.4) is 0 Å². The van der Waals surface area contributed by atoms with Crippen LogP contribution in [0.4, 0.5) is 0 Å². The number of hydrogen-bond donors (Lipinski definition) is 3. The van der Waals surface area contributed by atoms with Crippen molar-refractivity contribution in [3.8, 4) is 0 Å². The number of carbonyl (C=O) groups is 1. The summed E-state index contributed by atoms with van der Waals surface area (Å²) in [5, 5.41) is 22.4. The van der Waals surface area contributed by atoms with E-state index in [1.807, 2.05) is 30.3 Å². The molecule has 0 saturated carbocycles. The van der Waals surface area contributed by atoms with Crippen LogP contribution in [0.2, 0.25) is 0 Å². The summed E-state index contributed by atoms with van der Waals surface area (Å²) in [5.74, 6) is -1.02. The van der Waals surface area contributed by atoms with Gasteiger partial charge in [0.1, 0.15) is 0 Å². The van der Waals surface area contributed by atoms with Crippen LogP contribution in [0, 0.1) is 0 Å². The fraction of sp³-hybridized carbons (Fsp3) is 0.278. The third-order valence-corrected chi connectivity index (χ3v) is 3.95. The molecule has 24 heavy (non-hydrogen) atoms. The zero-order valence-electron chi connectivity index (χ0n) is 13.1. The number of hydrogen-bond acceptors (Lipinski definition) is 4. The number of aliphatic carboxylic acids is 1. The number of carboxylic acid groups (broad SMARTS) is 1. The lowest BCUT2D eigenvalue weighted by Crippen LogP contribution is -2.27. The second-order valence-corrected chi connectivity index (χ2v) is 6.19. The molecular formula is C18H20BrNO4. The Morgan fingerprint density at radius 3 is 2.50 bits per heavy atom. The van der Waals surface area contributed by atoms with E-state index in [9.17, 15) is 15.0 Å². The van der Waals surface area contributed by atoms with Crippen molar-refractivity contribution in [2.24, 2.45) is 0 Å². The van der Waals surface area contributed by atoms with Gasteiger partial charge in [-0.2, -0.15) is 0 Å². The summed E-state index contributed by atoms with van der Waals surface area (Å²) in [6, 6.07) is 16.3. The van der Waals surface area contributed by atoms with E-state index in [0.29, 0.717) is 18.7 Å². The third kappa shape index (κ3) is 5.72. The van der Waals surface area contributed by atoms with Crippen LogP contribution in [0.1, 0.15) is 23.3 Å². The maximum absolute atomic E-state index is 11.3. The van der Waals surface area contributed by atoms with Gasteiger partial charge in [-0.05, 0) is 23.3 Å². The Hall–Kier alpha value is -1.73. The Bertz CT molecular complexity index is 650. The largest absolute Gasteiger partial charge is 0.479 e. The number of rotatable bonds is 9. The van der Waals surface area contributed by atoms with Crippen LogP contribution >= 0.6 is 15.9 Å². The number of aliphatic hydroxyl groups is 1. The van der Waals surface area contributed by atoms with E-state index in [0.717, 1.165) is 10.0 Å². The molecule has 2 aromatic rings. The molecule has 2 atom stereocenters. The summed E-state index contributed by atoms with van der Waals surface area (Å²) in [4.78, 5) is 11.3. The predicted octanol–water partition coefficient (Wildman–Crippen LogP) is 2.91. The molecule has 0 aliphatic heterocycles. The molecule has 2 rings (SSSR count). The smallest absolute Gasteiger partial charge is 0.337 e. The molecule has 0 heterocycles. The van der Waals surface area contributed by atoms with Crippen LogP contribution < -0.4 is 5.32 Å². The molecule has 128 valence electrons. The maximum atomic E-state index is 11.3. The summed E-state index contributed by atoms with van der Waals surface area (Å²) in [6.45, 7) is 1.04. The molecule has 5 nitrogen and oxygen atoms in total. The standard InChI is InChI=1S/C18H20BrNO4/c19-15-8-4-7-14(11-15)16(21)12-20-9-10-24-17(18(22)23)13-5-2-1-3-6-13/h1-8,11,16-17,20-21H,9-10,12H2,(H,22,23). The lowest BCUT2D eigenvalue weighted by molar-refractivity contribution is -0.150. The lowest BCUT2D eigenvalue weighted by atomic mass is 10.1. The minimum atomic E-state index is -1.02. The molecular weight excluding hydrogens is 374 g/mol. The molecule has 0 amide bonds. The lowest BCUT2D eigenvalue weighted by Gasteiger charge is -2.16. The van der Waals surface area contributed by atoms with Gasteiger partial charge in [0.2, 0.25) is 0 Å². The molecule has 0 spiro atoms. The number of ether oxygens (including phenoxy) is 1. The Labute approximate surface area is 149 Å². The molecule has 0 saturated heterocycles. The van der Waals surface area contributed by atoms with Crippen LogP contribution in [0.15, 0.2) is 59.1 Å². The van der Waals surface area contributed by atoms with Gasteiger partial charge in [-0.1, -0.05) is 58.4 Å². The second kappa shape index (κ2) is 9.54. The minimum Gasteiger partial charge on any atom is -0.479 e. The van der Waals surface area contributed by atoms with Gasteiger partial charge in [0.15, 0.2) is 6.10 Å². The Balaban J connectivity index is 1.74. The van der Waals surface area contributed by atoms with Crippen molar-refractivity contribution in [3.05, 3.63) is 70.2 Å². The maximum Gasteiger partial charge on any atom is 0.337 e. The van der Waals surface area contributed by atoms with Gasteiger partial charge in [0, 0.05) is 17.6 Å². The van der Waals surface area contributed by atoms with Crippen LogP contribution in [0.25, 0.3) is 0 Å². The monoisotopic (exact) mass is 393 g/mol. The van der Waals surface area contributed by atoms with Gasteiger partial charge < -0.3 is 20.3 Å². The third-order valence-electron chi connectivity index (χ3n) is 3.46. The van der Waals surface area contributed by atoms with Crippen molar-refractivity contribution in [1.82, 2.24) is 5.32 Å². The zero-order chi connectivity index (χ0) is 17.4. The number of halogens is 1. The Morgan fingerprint density at radius 1 is 1.12 bits per heavy atom. The van der Waals surface area contributed by atoms with Crippen LogP contribution in [-0.4, -0.2) is 35.9 Å². The number of aliphatic hydroxyl groups excluding tert-OH is 1. The Kier molecular flexibility index (Phi) is 7.39. The van der Waals surface area contributed by atoms with Crippen molar-refractivity contribution in [2.75, 3.05) is 19.7 Å². The van der Waals surface area contributed by atoms with E-state index in [4.69, 9.17) is 4.74 Å². The normalized spacial score (nSPS) is 13.4. The number of carboxylic acids is 1. The van der Waals surface area contributed by atoms with Gasteiger partial charge in [0.25, 0.3) is 0 Å². The molecule has 0 aromatic heterocycles. The summed E-state index contributed by atoms with van der Waals surface area (Å²) in [5.41, 5.74) is 1.42. The summed E-state index contributed by atoms with van der Waals surface area (Å²) >= 11 is 3.37. The average Bonchev–Trinajstić information content (AvgIpc) is 2.58. The molecule has 0 radical (unpaired) electrons. The summed E-state index contributed by atoms with van der Waals surface area (Å²) in [6.07, 6.45) is -1.62. The van der Waals surface area contributed by atoms with Crippen molar-refractivity contribution in [2.45, 2.75) is 12.2 Å². The van der Waals surface area contributed by atoms with Gasteiger partial charge in [-0.3, -0.25) is 0 Å². The highest BCUT2D eigenvalue weighted by molar-refractivity contribution is 9.10. The van der Waals surface area contributed by atoms with Crippen molar-refractivity contribution >= 4 is 21.9 Å². The number of benzene rings is 2. The average molecular weight is 394 g/mol. The molecule has 3 N–H and O–H groups in total. The van der Waals surface area contributed by atoms with Crippen LogP contribution in [0.5, 0.6) is 0 Å².